The molecule has 0 radical (unpaired) electrons. The number of pyridine rings is 1. The van der Waals surface area contributed by atoms with Gasteiger partial charge in [-0.05, 0) is 65.0 Å². The molecule has 1 fully saturated rings. The van der Waals surface area contributed by atoms with Crippen molar-refractivity contribution < 1.29 is 24.2 Å². The van der Waals surface area contributed by atoms with Gasteiger partial charge < -0.3 is 19.5 Å². The molecule has 12 heteroatoms. The molecule has 1 amide bonds. The molecule has 2 aromatic rings. The van der Waals surface area contributed by atoms with Gasteiger partial charge in [0.05, 0.1) is 23.4 Å². The second kappa shape index (κ2) is 13.7. The van der Waals surface area contributed by atoms with E-state index in [0.717, 1.165) is 25.7 Å². The van der Waals surface area contributed by atoms with Crippen LogP contribution in [-0.2, 0) is 45.6 Å². The summed E-state index contributed by atoms with van der Waals surface area (Å²) in [5, 5.41) is 17.7. The molecule has 1 N–H and O–H groups in total. The van der Waals surface area contributed by atoms with E-state index in [-0.39, 0.29) is 24.2 Å². The van der Waals surface area contributed by atoms with Crippen LogP contribution in [0.15, 0.2) is 12.1 Å². The van der Waals surface area contributed by atoms with E-state index in [1.165, 1.54) is 0 Å². The first-order valence-corrected chi connectivity index (χ1v) is 13.7. The van der Waals surface area contributed by atoms with Crippen LogP contribution in [0.4, 0.5) is 4.79 Å². The zero-order valence-corrected chi connectivity index (χ0v) is 24.0. The van der Waals surface area contributed by atoms with Gasteiger partial charge in [0.1, 0.15) is 23.7 Å². The molecule has 2 atom stereocenters. The maximum Gasteiger partial charge on any atom is 0.410 e. The van der Waals surface area contributed by atoms with Crippen molar-refractivity contribution in [1.82, 2.24) is 24.9 Å². The number of ether oxygens (including phenoxy) is 2. The third-order valence-electron chi connectivity index (χ3n) is 6.87. The van der Waals surface area contributed by atoms with E-state index >= 15 is 0 Å². The van der Waals surface area contributed by atoms with E-state index in [4.69, 9.17) is 9.47 Å². The summed E-state index contributed by atoms with van der Waals surface area (Å²) in [5.41, 5.74) is 2.14. The number of amides is 1. The number of aliphatic carboxylic acids is 1. The summed E-state index contributed by atoms with van der Waals surface area (Å²) >= 11 is 7.33. The number of hydrogen-bond donors (Lipinski definition) is 1. The predicted molar refractivity (Wildman–Crippen MR) is 145 cm³/mol. The van der Waals surface area contributed by atoms with E-state index < -0.39 is 12.1 Å². The molecule has 0 saturated heterocycles. The summed E-state index contributed by atoms with van der Waals surface area (Å²) in [7, 11) is 3.49. The van der Waals surface area contributed by atoms with Crippen LogP contribution in [-0.4, -0.2) is 60.7 Å². The van der Waals surface area contributed by atoms with Crippen LogP contribution in [0.2, 0.25) is 0 Å². The minimum absolute atomic E-state index is 0.0157. The van der Waals surface area contributed by atoms with Crippen molar-refractivity contribution in [1.29, 1.82) is 0 Å². The van der Waals surface area contributed by atoms with Crippen molar-refractivity contribution in [3.05, 3.63) is 23.5 Å². The van der Waals surface area contributed by atoms with E-state index in [2.05, 4.69) is 44.6 Å². The fourth-order valence-corrected chi connectivity index (χ4v) is 4.45. The number of carbonyl (C=O) groups is 2. The topological polar surface area (TPSA) is 120 Å². The molecular formula is C25H37N5O5S2. The molecule has 2 aromatic heterocycles. The molecule has 1 saturated carbocycles. The Morgan fingerprint density at radius 2 is 1.97 bits per heavy atom. The quantitative estimate of drug-likeness (QED) is 0.482. The smallest absolute Gasteiger partial charge is 0.410 e. The zero-order valence-electron chi connectivity index (χ0n) is 22.4. The normalized spacial score (nSPS) is 17.4. The fourth-order valence-electron chi connectivity index (χ4n) is 4.45. The Labute approximate surface area is 228 Å². The third-order valence-corrected chi connectivity index (χ3v) is 6.87. The van der Waals surface area contributed by atoms with Gasteiger partial charge in [0.15, 0.2) is 0 Å². The molecule has 0 spiro atoms. The van der Waals surface area contributed by atoms with Crippen LogP contribution < -0.4 is 4.74 Å². The Morgan fingerprint density at radius 1 is 1.27 bits per heavy atom. The third kappa shape index (κ3) is 7.88. The van der Waals surface area contributed by atoms with Crippen molar-refractivity contribution in [2.75, 3.05) is 7.05 Å². The van der Waals surface area contributed by atoms with Crippen LogP contribution in [0.5, 0.6) is 5.75 Å². The largest absolute Gasteiger partial charge is 0.489 e. The molecule has 204 valence electrons. The summed E-state index contributed by atoms with van der Waals surface area (Å²) in [6.07, 6.45) is 4.13. The predicted octanol–water partition coefficient (Wildman–Crippen LogP) is 4.35. The van der Waals surface area contributed by atoms with Crippen LogP contribution in [0.25, 0.3) is 11.4 Å². The van der Waals surface area contributed by atoms with Crippen LogP contribution in [0.1, 0.15) is 70.7 Å². The molecule has 37 heavy (non-hydrogen) atoms. The fraction of sp³-hybridized carbons (Fsp3) is 0.640. The van der Waals surface area contributed by atoms with Crippen molar-refractivity contribution in [3.8, 4) is 17.1 Å². The first-order valence-electron chi connectivity index (χ1n) is 12.4. The van der Waals surface area contributed by atoms with Gasteiger partial charge in [0.25, 0.3) is 0 Å². The SMILES string of the molecule is CCCC(C)(C)N(C)C(=O)OCc1c(-c2ccc(O[C@H]3CCC[C@H](C(=O)O)C3)c(C)n2)nnn1C.S=S. The number of hydrogen-bond acceptors (Lipinski definition) is 9. The molecule has 1 aliphatic carbocycles. The Morgan fingerprint density at radius 3 is 2.59 bits per heavy atom. The summed E-state index contributed by atoms with van der Waals surface area (Å²) < 4.78 is 13.3. The van der Waals surface area contributed by atoms with Crippen molar-refractivity contribution in [2.45, 2.75) is 84.5 Å². The Hall–Kier alpha value is -2.73. The number of carboxylic acids is 1. The minimum atomic E-state index is -0.764. The Bertz CT molecular complexity index is 1080. The lowest BCUT2D eigenvalue weighted by Gasteiger charge is -2.34. The minimum Gasteiger partial charge on any atom is -0.489 e. The average Bonchev–Trinajstić information content (AvgIpc) is 3.24. The van der Waals surface area contributed by atoms with Crippen LogP contribution >= 0.6 is 0 Å². The molecule has 0 aromatic carbocycles. The van der Waals surface area contributed by atoms with Crippen molar-refractivity contribution in [2.24, 2.45) is 13.0 Å². The highest BCUT2D eigenvalue weighted by Crippen LogP contribution is 2.30. The van der Waals surface area contributed by atoms with E-state index in [1.54, 1.807) is 29.7 Å². The van der Waals surface area contributed by atoms with Gasteiger partial charge >= 0.3 is 12.1 Å². The summed E-state index contributed by atoms with van der Waals surface area (Å²) in [6.45, 7) is 7.97. The molecule has 0 bridgehead atoms. The monoisotopic (exact) mass is 551 g/mol. The lowest BCUT2D eigenvalue weighted by Crippen LogP contribution is -2.45. The summed E-state index contributed by atoms with van der Waals surface area (Å²) in [4.78, 5) is 30.3. The lowest BCUT2D eigenvalue weighted by atomic mass is 9.87. The number of carboxylic acid groups (broad SMARTS) is 1. The molecule has 0 unspecified atom stereocenters. The van der Waals surface area contributed by atoms with Crippen LogP contribution in [0, 0.1) is 12.8 Å². The second-order valence-electron chi connectivity index (χ2n) is 9.91. The van der Waals surface area contributed by atoms with Gasteiger partial charge in [-0.3, -0.25) is 4.79 Å². The zero-order chi connectivity index (χ0) is 27.8. The highest BCUT2D eigenvalue weighted by Gasteiger charge is 2.30. The lowest BCUT2D eigenvalue weighted by molar-refractivity contribution is -0.143. The standard InChI is InChI=1S/C25H37N5O5.S2/c1-7-13-25(3,4)29(5)24(33)34-15-20-22(27-28-30(20)6)19-11-12-21(16(2)26-19)35-18-10-8-9-17(14-18)23(31)32;1-2/h11-12,17-18H,7-10,13-15H2,1-6H3,(H,31,32);/t17-,18-;/m0./s1. The highest BCUT2D eigenvalue weighted by atomic mass is 32.8. The summed E-state index contributed by atoms with van der Waals surface area (Å²) in [6, 6.07) is 3.62. The van der Waals surface area contributed by atoms with Crippen molar-refractivity contribution in [3.63, 3.8) is 0 Å². The number of carbonyl (C=O) groups excluding carboxylic acids is 1. The first kappa shape index (κ1) is 30.5. The van der Waals surface area contributed by atoms with Gasteiger partial charge in [0, 0.05) is 42.0 Å². The molecule has 0 aliphatic heterocycles. The first-order chi connectivity index (χ1) is 17.5. The van der Waals surface area contributed by atoms with Gasteiger partial charge in [0.2, 0.25) is 0 Å². The Balaban J connectivity index is 0.00000235. The molecule has 10 nitrogen and oxygen atoms in total. The van der Waals surface area contributed by atoms with E-state index in [9.17, 15) is 14.7 Å². The van der Waals surface area contributed by atoms with Crippen molar-refractivity contribution >= 4 is 34.4 Å². The average molecular weight is 552 g/mol. The van der Waals surface area contributed by atoms with Gasteiger partial charge in [-0.2, -0.15) is 0 Å². The number of aryl methyl sites for hydroxylation is 2. The second-order valence-corrected chi connectivity index (χ2v) is 9.91. The number of nitrogens with zero attached hydrogens (tertiary/aromatic N) is 5. The van der Waals surface area contributed by atoms with Gasteiger partial charge in [-0.1, -0.05) is 18.6 Å². The molecular weight excluding hydrogens is 514 g/mol. The molecule has 3 rings (SSSR count). The Kier molecular flexibility index (Phi) is 11.3. The van der Waals surface area contributed by atoms with E-state index in [1.807, 2.05) is 26.8 Å². The molecule has 2 heterocycles. The number of rotatable bonds is 9. The van der Waals surface area contributed by atoms with Gasteiger partial charge in [-0.15, -0.1) is 5.10 Å². The maximum atomic E-state index is 12.7. The van der Waals surface area contributed by atoms with E-state index in [0.29, 0.717) is 41.4 Å². The van der Waals surface area contributed by atoms with Crippen LogP contribution in [0.3, 0.4) is 0 Å². The number of aromatic nitrogens is 4. The molecule has 1 aliphatic rings. The highest BCUT2D eigenvalue weighted by molar-refractivity contribution is 8.07. The van der Waals surface area contributed by atoms with Gasteiger partial charge in [-0.25, -0.2) is 14.5 Å². The maximum absolute atomic E-state index is 12.7. The summed E-state index contributed by atoms with van der Waals surface area (Å²) in [5.74, 6) is -0.501.